The highest BCUT2D eigenvalue weighted by atomic mass is 35.5. The van der Waals surface area contributed by atoms with Gasteiger partial charge in [0.2, 0.25) is 0 Å². The molecule has 1 atom stereocenters. The fourth-order valence-electron chi connectivity index (χ4n) is 2.79. The summed E-state index contributed by atoms with van der Waals surface area (Å²) < 4.78 is 10.7. The van der Waals surface area contributed by atoms with Crippen LogP contribution >= 0.6 is 11.6 Å². The van der Waals surface area contributed by atoms with Gasteiger partial charge in [-0.05, 0) is 37.5 Å². The minimum absolute atomic E-state index is 0.0174. The summed E-state index contributed by atoms with van der Waals surface area (Å²) in [5.74, 6) is 1.04. The Kier molecular flexibility index (Phi) is 4.36. The number of hydrogen-bond acceptors (Lipinski definition) is 3. The molecule has 0 bridgehead atoms. The highest BCUT2D eigenvalue weighted by Gasteiger charge is 2.36. The van der Waals surface area contributed by atoms with E-state index in [1.807, 2.05) is 4.90 Å². The van der Waals surface area contributed by atoms with Crippen LogP contribution in [0.5, 0.6) is 5.75 Å². The molecule has 0 unspecified atom stereocenters. The van der Waals surface area contributed by atoms with Crippen molar-refractivity contribution in [1.29, 1.82) is 0 Å². The van der Waals surface area contributed by atoms with Crippen LogP contribution in [0.25, 0.3) is 0 Å². The second kappa shape index (κ2) is 6.24. The third kappa shape index (κ3) is 3.33. The fraction of sp³-hybridized carbons (Fsp3) is 0.562. The zero-order valence-electron chi connectivity index (χ0n) is 12.2. The molecule has 0 N–H and O–H groups in total. The molecular weight excluding hydrogens is 290 g/mol. The van der Waals surface area contributed by atoms with Crippen molar-refractivity contribution in [2.24, 2.45) is 5.92 Å². The van der Waals surface area contributed by atoms with Crippen LogP contribution in [-0.2, 0) is 4.74 Å². The molecule has 2 fully saturated rings. The SMILES string of the molecule is COc1ccc(Cl)cc1C(=O)N(C[C@H]1CCOC1)C1CC1. The minimum Gasteiger partial charge on any atom is -0.496 e. The number of carbonyl (C=O) groups excluding carboxylic acids is 1. The van der Waals surface area contributed by atoms with E-state index >= 15 is 0 Å². The van der Waals surface area contributed by atoms with Gasteiger partial charge >= 0.3 is 0 Å². The zero-order chi connectivity index (χ0) is 14.8. The van der Waals surface area contributed by atoms with Crippen molar-refractivity contribution in [3.63, 3.8) is 0 Å². The molecule has 1 saturated heterocycles. The van der Waals surface area contributed by atoms with Crippen molar-refractivity contribution in [3.05, 3.63) is 28.8 Å². The maximum atomic E-state index is 12.9. The largest absolute Gasteiger partial charge is 0.496 e. The summed E-state index contributed by atoms with van der Waals surface area (Å²) in [7, 11) is 1.58. The van der Waals surface area contributed by atoms with Gasteiger partial charge in [0, 0.05) is 30.1 Å². The number of ether oxygens (including phenoxy) is 2. The van der Waals surface area contributed by atoms with Crippen LogP contribution in [0.1, 0.15) is 29.6 Å². The third-order valence-corrected chi connectivity index (χ3v) is 4.35. The normalized spacial score (nSPS) is 21.3. The molecule has 1 saturated carbocycles. The number of nitrogens with zero attached hydrogens (tertiary/aromatic N) is 1. The lowest BCUT2D eigenvalue weighted by Gasteiger charge is -2.26. The summed E-state index contributed by atoms with van der Waals surface area (Å²) in [6.45, 7) is 2.32. The van der Waals surface area contributed by atoms with E-state index in [2.05, 4.69) is 0 Å². The van der Waals surface area contributed by atoms with Crippen molar-refractivity contribution in [2.45, 2.75) is 25.3 Å². The Morgan fingerprint density at radius 2 is 2.24 bits per heavy atom. The van der Waals surface area contributed by atoms with E-state index in [-0.39, 0.29) is 5.91 Å². The van der Waals surface area contributed by atoms with Crippen molar-refractivity contribution in [2.75, 3.05) is 26.9 Å². The minimum atomic E-state index is 0.0174. The van der Waals surface area contributed by atoms with E-state index in [9.17, 15) is 4.79 Å². The van der Waals surface area contributed by atoms with Gasteiger partial charge in [0.1, 0.15) is 5.75 Å². The number of methoxy groups -OCH3 is 1. The smallest absolute Gasteiger partial charge is 0.257 e. The number of hydrogen-bond donors (Lipinski definition) is 0. The Hall–Kier alpha value is -1.26. The quantitative estimate of drug-likeness (QED) is 0.839. The number of rotatable bonds is 5. The Morgan fingerprint density at radius 1 is 1.43 bits per heavy atom. The van der Waals surface area contributed by atoms with Gasteiger partial charge in [-0.25, -0.2) is 0 Å². The molecule has 1 heterocycles. The fourth-order valence-corrected chi connectivity index (χ4v) is 2.96. The molecule has 0 radical (unpaired) electrons. The first-order valence-electron chi connectivity index (χ1n) is 7.41. The van der Waals surface area contributed by atoms with E-state index in [0.29, 0.717) is 28.3 Å². The van der Waals surface area contributed by atoms with Gasteiger partial charge in [0.05, 0.1) is 19.3 Å². The molecule has 1 aliphatic heterocycles. The molecule has 114 valence electrons. The van der Waals surface area contributed by atoms with E-state index in [1.54, 1.807) is 25.3 Å². The molecule has 21 heavy (non-hydrogen) atoms. The zero-order valence-corrected chi connectivity index (χ0v) is 12.9. The number of carbonyl (C=O) groups is 1. The first kappa shape index (κ1) is 14.7. The first-order chi connectivity index (χ1) is 10.2. The molecule has 0 aromatic heterocycles. The van der Waals surface area contributed by atoms with Gasteiger partial charge in [-0.3, -0.25) is 4.79 Å². The molecule has 5 heteroatoms. The highest BCUT2D eigenvalue weighted by molar-refractivity contribution is 6.31. The molecule has 1 aromatic carbocycles. The van der Waals surface area contributed by atoms with Gasteiger partial charge in [0.15, 0.2) is 0 Å². The first-order valence-corrected chi connectivity index (χ1v) is 7.79. The Labute approximate surface area is 130 Å². The second-order valence-corrected chi connectivity index (χ2v) is 6.20. The molecule has 1 amide bonds. The van der Waals surface area contributed by atoms with Crippen molar-refractivity contribution >= 4 is 17.5 Å². The summed E-state index contributed by atoms with van der Waals surface area (Å²) >= 11 is 6.04. The van der Waals surface area contributed by atoms with E-state index in [4.69, 9.17) is 21.1 Å². The second-order valence-electron chi connectivity index (χ2n) is 5.76. The Morgan fingerprint density at radius 3 is 2.86 bits per heavy atom. The van der Waals surface area contributed by atoms with Gasteiger partial charge in [-0.1, -0.05) is 11.6 Å². The van der Waals surface area contributed by atoms with Crippen LogP contribution in [0.2, 0.25) is 5.02 Å². The number of amides is 1. The number of halogens is 1. The predicted octanol–water partition coefficient (Wildman–Crippen LogP) is 2.99. The van der Waals surface area contributed by atoms with E-state index in [1.165, 1.54) is 0 Å². The van der Waals surface area contributed by atoms with Crippen LogP contribution in [0.3, 0.4) is 0 Å². The van der Waals surface area contributed by atoms with Gasteiger partial charge in [-0.2, -0.15) is 0 Å². The maximum Gasteiger partial charge on any atom is 0.257 e. The predicted molar refractivity (Wildman–Crippen MR) is 81.0 cm³/mol. The third-order valence-electron chi connectivity index (χ3n) is 4.12. The molecule has 2 aliphatic rings. The molecule has 0 spiro atoms. The van der Waals surface area contributed by atoms with Crippen LogP contribution in [0, 0.1) is 5.92 Å². The Bertz CT molecular complexity index is 524. The average molecular weight is 310 g/mol. The molecule has 1 aliphatic carbocycles. The van der Waals surface area contributed by atoms with Crippen LogP contribution in [0.15, 0.2) is 18.2 Å². The van der Waals surface area contributed by atoms with Crippen LogP contribution < -0.4 is 4.74 Å². The molecule has 1 aromatic rings. The Balaban J connectivity index is 1.81. The summed E-state index contributed by atoms with van der Waals surface area (Å²) in [5, 5.41) is 0.555. The topological polar surface area (TPSA) is 38.8 Å². The average Bonchev–Trinajstić information content (AvgIpc) is 3.20. The molecule has 3 rings (SSSR count). The highest BCUT2D eigenvalue weighted by Crippen LogP contribution is 2.32. The monoisotopic (exact) mass is 309 g/mol. The number of benzene rings is 1. The summed E-state index contributed by atoms with van der Waals surface area (Å²) in [5.41, 5.74) is 0.552. The van der Waals surface area contributed by atoms with Crippen molar-refractivity contribution < 1.29 is 14.3 Å². The van der Waals surface area contributed by atoms with Crippen molar-refractivity contribution in [1.82, 2.24) is 4.90 Å². The van der Waals surface area contributed by atoms with Gasteiger partial charge in [-0.15, -0.1) is 0 Å². The van der Waals surface area contributed by atoms with Crippen LogP contribution in [-0.4, -0.2) is 43.7 Å². The van der Waals surface area contributed by atoms with E-state index in [0.717, 1.165) is 39.0 Å². The van der Waals surface area contributed by atoms with Gasteiger partial charge < -0.3 is 14.4 Å². The van der Waals surface area contributed by atoms with Crippen molar-refractivity contribution in [3.8, 4) is 5.75 Å². The van der Waals surface area contributed by atoms with E-state index < -0.39 is 0 Å². The summed E-state index contributed by atoms with van der Waals surface area (Å²) in [6.07, 6.45) is 3.20. The van der Waals surface area contributed by atoms with Crippen LogP contribution in [0.4, 0.5) is 0 Å². The lowest BCUT2D eigenvalue weighted by Crippen LogP contribution is -2.37. The molecule has 4 nitrogen and oxygen atoms in total. The molecular formula is C16H20ClNO3. The summed E-state index contributed by atoms with van der Waals surface area (Å²) in [6, 6.07) is 5.55. The lowest BCUT2D eigenvalue weighted by molar-refractivity contribution is 0.0703. The van der Waals surface area contributed by atoms with Gasteiger partial charge in [0.25, 0.3) is 5.91 Å². The standard InChI is InChI=1S/C16H20ClNO3/c1-20-15-5-2-12(17)8-14(15)16(19)18(13-3-4-13)9-11-6-7-21-10-11/h2,5,8,11,13H,3-4,6-7,9-10H2,1H3/t11-/m1/s1. The lowest BCUT2D eigenvalue weighted by atomic mass is 10.1. The summed E-state index contributed by atoms with van der Waals surface area (Å²) in [4.78, 5) is 14.9. The maximum absolute atomic E-state index is 12.9.